The molecule has 0 saturated carbocycles. The molecule has 0 aliphatic heterocycles. The van der Waals surface area contributed by atoms with Crippen molar-refractivity contribution in [3.05, 3.63) is 182 Å². The lowest BCUT2D eigenvalue weighted by Gasteiger charge is -2.15. The van der Waals surface area contributed by atoms with Crippen LogP contribution < -0.4 is 0 Å². The first-order valence-electron chi connectivity index (χ1n) is 17.2. The first kappa shape index (κ1) is 29.0. The Morgan fingerprint density at radius 2 is 0.882 bits per heavy atom. The van der Waals surface area contributed by atoms with Gasteiger partial charge in [-0.3, -0.25) is 0 Å². The molecule has 0 bridgehead atoms. The molecular formula is C47H30N4. The highest BCUT2D eigenvalue weighted by Crippen LogP contribution is 2.37. The van der Waals surface area contributed by atoms with Crippen LogP contribution in [0.5, 0.6) is 0 Å². The maximum absolute atomic E-state index is 5.27. The van der Waals surface area contributed by atoms with E-state index < -0.39 is 0 Å². The Morgan fingerprint density at radius 1 is 0.333 bits per heavy atom. The minimum Gasteiger partial charge on any atom is -0.309 e. The Bertz CT molecular complexity index is 2800. The van der Waals surface area contributed by atoms with Crippen LogP contribution in [-0.4, -0.2) is 19.5 Å². The topological polar surface area (TPSA) is 43.6 Å². The van der Waals surface area contributed by atoms with Gasteiger partial charge < -0.3 is 4.57 Å². The summed E-state index contributed by atoms with van der Waals surface area (Å²) in [5, 5.41) is 5.94. The highest BCUT2D eigenvalue weighted by molar-refractivity contribution is 6.09. The molecule has 3 aromatic heterocycles. The molecule has 3 heterocycles. The largest absolute Gasteiger partial charge is 0.309 e. The van der Waals surface area contributed by atoms with E-state index >= 15 is 0 Å². The van der Waals surface area contributed by atoms with Crippen LogP contribution in [-0.2, 0) is 0 Å². The summed E-state index contributed by atoms with van der Waals surface area (Å²) >= 11 is 0. The van der Waals surface area contributed by atoms with Crippen LogP contribution in [0, 0.1) is 0 Å². The second-order valence-electron chi connectivity index (χ2n) is 12.9. The zero-order valence-electron chi connectivity index (χ0n) is 27.6. The number of benzene rings is 7. The molecule has 0 atom stereocenters. The highest BCUT2D eigenvalue weighted by Gasteiger charge is 2.17. The van der Waals surface area contributed by atoms with Gasteiger partial charge in [-0.2, -0.15) is 0 Å². The van der Waals surface area contributed by atoms with Crippen molar-refractivity contribution < 1.29 is 0 Å². The third-order valence-corrected chi connectivity index (χ3v) is 9.73. The predicted molar refractivity (Wildman–Crippen MR) is 211 cm³/mol. The summed E-state index contributed by atoms with van der Waals surface area (Å²) in [7, 11) is 0. The molecule has 10 rings (SSSR count). The zero-order valence-corrected chi connectivity index (χ0v) is 27.6. The van der Waals surface area contributed by atoms with Crippen molar-refractivity contribution in [2.45, 2.75) is 0 Å². The molecule has 0 N–H and O–H groups in total. The van der Waals surface area contributed by atoms with E-state index in [1.807, 2.05) is 24.3 Å². The quantitative estimate of drug-likeness (QED) is 0.174. The summed E-state index contributed by atoms with van der Waals surface area (Å²) in [5.41, 5.74) is 11.0. The minimum atomic E-state index is 0.687. The minimum absolute atomic E-state index is 0.687. The molecule has 0 spiro atoms. The normalized spacial score (nSPS) is 11.5. The van der Waals surface area contributed by atoms with Crippen molar-refractivity contribution in [1.29, 1.82) is 0 Å². The fourth-order valence-electron chi connectivity index (χ4n) is 7.28. The van der Waals surface area contributed by atoms with Gasteiger partial charge in [0.05, 0.1) is 33.6 Å². The monoisotopic (exact) mass is 650 g/mol. The third kappa shape index (κ3) is 5.13. The van der Waals surface area contributed by atoms with E-state index in [0.29, 0.717) is 5.82 Å². The van der Waals surface area contributed by atoms with Gasteiger partial charge >= 0.3 is 0 Å². The summed E-state index contributed by atoms with van der Waals surface area (Å²) in [6, 6.07) is 63.8. The molecular weight excluding hydrogens is 621 g/mol. The predicted octanol–water partition coefficient (Wildman–Crippen LogP) is 11.9. The van der Waals surface area contributed by atoms with Gasteiger partial charge in [-0.25, -0.2) is 15.0 Å². The van der Waals surface area contributed by atoms with E-state index in [-0.39, 0.29) is 0 Å². The van der Waals surface area contributed by atoms with Crippen LogP contribution >= 0.6 is 0 Å². The molecule has 0 fully saturated rings. The smallest absolute Gasteiger partial charge is 0.160 e. The SMILES string of the molecule is c1ccc(-c2cc(-c3cc(-c4ccc5cc6ccccc6cc5n4)cc(-n4c5ccccc5c5ccccc54)c3)nc(-c3ccccc3)n2)cc1. The van der Waals surface area contributed by atoms with Gasteiger partial charge in [0.1, 0.15) is 0 Å². The van der Waals surface area contributed by atoms with E-state index in [9.17, 15) is 0 Å². The van der Waals surface area contributed by atoms with E-state index in [0.717, 1.165) is 67.0 Å². The number of nitrogens with zero attached hydrogens (tertiary/aromatic N) is 4. The summed E-state index contributed by atoms with van der Waals surface area (Å²) in [6.07, 6.45) is 0. The van der Waals surface area contributed by atoms with Crippen molar-refractivity contribution in [3.8, 4) is 50.8 Å². The molecule has 0 radical (unpaired) electrons. The maximum atomic E-state index is 5.27. The van der Waals surface area contributed by atoms with Gasteiger partial charge in [0, 0.05) is 44.1 Å². The van der Waals surface area contributed by atoms with Crippen LogP contribution in [0.3, 0.4) is 0 Å². The van der Waals surface area contributed by atoms with Gasteiger partial charge in [-0.15, -0.1) is 0 Å². The number of hydrogen-bond acceptors (Lipinski definition) is 3. The lowest BCUT2D eigenvalue weighted by molar-refractivity contribution is 1.16. The molecule has 238 valence electrons. The van der Waals surface area contributed by atoms with Crippen LogP contribution in [0.2, 0.25) is 0 Å². The second-order valence-corrected chi connectivity index (χ2v) is 12.9. The standard InChI is InChI=1S/C47H30N4/c1-3-13-31(14-4-1)43-30-44(50-47(49-43)32-15-5-2-6-16-32)37-26-36(41-24-23-35-25-33-17-7-8-18-34(33)29-42(35)48-41)27-38(28-37)51-45-21-11-9-19-39(45)40-20-10-12-22-46(40)51/h1-30H. The Morgan fingerprint density at radius 3 is 1.57 bits per heavy atom. The zero-order chi connectivity index (χ0) is 33.7. The highest BCUT2D eigenvalue weighted by atomic mass is 15.0. The van der Waals surface area contributed by atoms with Crippen molar-refractivity contribution in [2.24, 2.45) is 0 Å². The van der Waals surface area contributed by atoms with Crippen molar-refractivity contribution in [3.63, 3.8) is 0 Å². The summed E-state index contributed by atoms with van der Waals surface area (Å²) in [6.45, 7) is 0. The van der Waals surface area contributed by atoms with Gasteiger partial charge in [0.25, 0.3) is 0 Å². The fourth-order valence-corrected chi connectivity index (χ4v) is 7.28. The summed E-state index contributed by atoms with van der Waals surface area (Å²) < 4.78 is 2.36. The van der Waals surface area contributed by atoms with Crippen LogP contribution in [0.15, 0.2) is 182 Å². The lowest BCUT2D eigenvalue weighted by atomic mass is 10.0. The van der Waals surface area contributed by atoms with Gasteiger partial charge in [-0.1, -0.05) is 127 Å². The molecule has 10 aromatic rings. The maximum Gasteiger partial charge on any atom is 0.160 e. The molecule has 0 aliphatic rings. The molecule has 0 amide bonds. The molecule has 0 aliphatic carbocycles. The average Bonchev–Trinajstić information content (AvgIpc) is 3.54. The van der Waals surface area contributed by atoms with Crippen molar-refractivity contribution in [2.75, 3.05) is 0 Å². The van der Waals surface area contributed by atoms with Crippen LogP contribution in [0.1, 0.15) is 0 Å². The number of para-hydroxylation sites is 2. The van der Waals surface area contributed by atoms with Crippen molar-refractivity contribution in [1.82, 2.24) is 19.5 Å². The Hall–Kier alpha value is -6.91. The van der Waals surface area contributed by atoms with Crippen LogP contribution in [0.4, 0.5) is 0 Å². The van der Waals surface area contributed by atoms with E-state index in [1.54, 1.807) is 0 Å². The van der Waals surface area contributed by atoms with E-state index in [4.69, 9.17) is 15.0 Å². The second kappa shape index (κ2) is 11.9. The first-order chi connectivity index (χ1) is 25.2. The Balaban J connectivity index is 1.25. The Kier molecular flexibility index (Phi) is 6.78. The summed E-state index contributed by atoms with van der Waals surface area (Å²) in [5.74, 6) is 0.687. The first-order valence-corrected chi connectivity index (χ1v) is 17.2. The number of hydrogen-bond donors (Lipinski definition) is 0. The molecule has 0 unspecified atom stereocenters. The van der Waals surface area contributed by atoms with Gasteiger partial charge in [0.2, 0.25) is 0 Å². The van der Waals surface area contributed by atoms with Gasteiger partial charge in [-0.05, 0) is 65.4 Å². The van der Waals surface area contributed by atoms with Crippen molar-refractivity contribution >= 4 is 43.5 Å². The van der Waals surface area contributed by atoms with Gasteiger partial charge in [0.15, 0.2) is 5.82 Å². The number of aromatic nitrogens is 4. The molecule has 51 heavy (non-hydrogen) atoms. The number of fused-ring (bicyclic) bond motifs is 5. The van der Waals surface area contributed by atoms with Crippen LogP contribution in [0.25, 0.3) is 94.3 Å². The lowest BCUT2D eigenvalue weighted by Crippen LogP contribution is -1.99. The van der Waals surface area contributed by atoms with E-state index in [2.05, 4.69) is 162 Å². The molecule has 4 nitrogen and oxygen atoms in total. The average molecular weight is 651 g/mol. The molecule has 7 aromatic carbocycles. The fraction of sp³-hybridized carbons (Fsp3) is 0. The third-order valence-electron chi connectivity index (χ3n) is 9.73. The number of pyridine rings is 1. The Labute approximate surface area is 295 Å². The molecule has 4 heteroatoms. The molecule has 0 saturated heterocycles. The van der Waals surface area contributed by atoms with E-state index in [1.165, 1.54) is 21.5 Å². The number of rotatable bonds is 5. The summed E-state index contributed by atoms with van der Waals surface area (Å²) in [4.78, 5) is 15.6.